The SMILES string of the molecule is Cc1cccc(-n2c(O)c(C=Nc3c(C)n(C)n(-c4ccccc4)c3=O)c(=O)[nH]c2=O)c1. The number of hydrogen-bond donors (Lipinski definition) is 2. The van der Waals surface area contributed by atoms with Crippen molar-refractivity contribution in [3.63, 3.8) is 0 Å². The zero-order valence-corrected chi connectivity index (χ0v) is 17.7. The summed E-state index contributed by atoms with van der Waals surface area (Å²) in [5.74, 6) is -0.565. The lowest BCUT2D eigenvalue weighted by Crippen LogP contribution is -2.31. The third-order valence-electron chi connectivity index (χ3n) is 5.23. The number of nitrogens with one attached hydrogen (secondary N) is 1. The first kappa shape index (κ1) is 20.9. The molecule has 0 fully saturated rings. The van der Waals surface area contributed by atoms with Gasteiger partial charge >= 0.3 is 5.69 Å². The predicted octanol–water partition coefficient (Wildman–Crippen LogP) is 2.09. The van der Waals surface area contributed by atoms with E-state index < -0.39 is 17.1 Å². The standard InChI is InChI=1S/C23H21N5O4/c1-14-8-7-11-17(12-14)27-21(30)18(20(29)25-23(27)32)13-24-19-15(2)26(3)28(22(19)31)16-9-5-4-6-10-16/h4-13,30H,1-3H3,(H,25,29,32). The average Bonchev–Trinajstić information content (AvgIpc) is 2.97. The number of aryl methyl sites for hydroxylation is 1. The molecule has 2 heterocycles. The molecular weight excluding hydrogens is 410 g/mol. The van der Waals surface area contributed by atoms with Gasteiger partial charge in [-0.1, -0.05) is 30.3 Å². The van der Waals surface area contributed by atoms with Crippen molar-refractivity contribution in [3.8, 4) is 17.3 Å². The van der Waals surface area contributed by atoms with E-state index >= 15 is 0 Å². The number of rotatable bonds is 4. The lowest BCUT2D eigenvalue weighted by atomic mass is 10.2. The second-order valence-corrected chi connectivity index (χ2v) is 7.34. The number of benzene rings is 2. The Morgan fingerprint density at radius 3 is 2.34 bits per heavy atom. The molecule has 0 radical (unpaired) electrons. The average molecular weight is 431 g/mol. The van der Waals surface area contributed by atoms with Crippen molar-refractivity contribution < 1.29 is 5.11 Å². The van der Waals surface area contributed by atoms with Crippen molar-refractivity contribution in [2.75, 3.05) is 0 Å². The van der Waals surface area contributed by atoms with Crippen LogP contribution in [0.25, 0.3) is 11.4 Å². The number of aromatic nitrogens is 4. The molecular formula is C23H21N5O4. The Balaban J connectivity index is 1.85. The van der Waals surface area contributed by atoms with E-state index in [4.69, 9.17) is 0 Å². The van der Waals surface area contributed by atoms with Crippen LogP contribution in [0.3, 0.4) is 0 Å². The smallest absolute Gasteiger partial charge is 0.335 e. The normalized spacial score (nSPS) is 11.3. The van der Waals surface area contributed by atoms with E-state index in [1.54, 1.807) is 49.0 Å². The van der Waals surface area contributed by atoms with Crippen LogP contribution in [0.2, 0.25) is 0 Å². The molecule has 4 rings (SSSR count). The van der Waals surface area contributed by atoms with Crippen LogP contribution in [-0.2, 0) is 7.05 Å². The van der Waals surface area contributed by atoms with E-state index in [2.05, 4.69) is 9.98 Å². The van der Waals surface area contributed by atoms with Gasteiger partial charge in [0.05, 0.1) is 17.1 Å². The molecule has 9 heteroatoms. The second-order valence-electron chi connectivity index (χ2n) is 7.34. The summed E-state index contributed by atoms with van der Waals surface area (Å²) >= 11 is 0. The zero-order chi connectivity index (χ0) is 23.0. The van der Waals surface area contributed by atoms with E-state index in [1.807, 2.05) is 31.2 Å². The van der Waals surface area contributed by atoms with Gasteiger partial charge in [-0.25, -0.2) is 19.0 Å². The minimum absolute atomic E-state index is 0.114. The van der Waals surface area contributed by atoms with E-state index in [-0.39, 0.29) is 16.8 Å². The van der Waals surface area contributed by atoms with Gasteiger partial charge in [0.2, 0.25) is 5.88 Å². The Labute approximate surface area is 182 Å². The maximum absolute atomic E-state index is 13.0. The van der Waals surface area contributed by atoms with Crippen molar-refractivity contribution in [1.29, 1.82) is 0 Å². The van der Waals surface area contributed by atoms with Gasteiger partial charge in [0.25, 0.3) is 11.1 Å². The molecule has 0 aliphatic carbocycles. The molecule has 0 saturated carbocycles. The molecule has 4 aromatic rings. The highest BCUT2D eigenvalue weighted by Crippen LogP contribution is 2.19. The Kier molecular flexibility index (Phi) is 5.23. The number of hydrogen-bond acceptors (Lipinski definition) is 5. The molecule has 2 aromatic heterocycles. The fourth-order valence-electron chi connectivity index (χ4n) is 3.49. The van der Waals surface area contributed by atoms with E-state index in [1.165, 1.54) is 4.68 Å². The third-order valence-corrected chi connectivity index (χ3v) is 5.23. The number of H-pyrrole nitrogens is 1. The first-order valence-corrected chi connectivity index (χ1v) is 9.83. The summed E-state index contributed by atoms with van der Waals surface area (Å²) in [5.41, 5.74) is 0.405. The molecule has 2 aromatic carbocycles. The Morgan fingerprint density at radius 1 is 0.969 bits per heavy atom. The molecule has 162 valence electrons. The maximum atomic E-state index is 13.0. The van der Waals surface area contributed by atoms with Gasteiger partial charge in [-0.05, 0) is 43.7 Å². The lowest BCUT2D eigenvalue weighted by molar-refractivity contribution is 0.430. The molecule has 0 atom stereocenters. The fourth-order valence-corrected chi connectivity index (χ4v) is 3.49. The number of aliphatic imine (C=N–C) groups is 1. The summed E-state index contributed by atoms with van der Waals surface area (Å²) in [7, 11) is 1.73. The van der Waals surface area contributed by atoms with Crippen LogP contribution in [0.5, 0.6) is 5.88 Å². The lowest BCUT2D eigenvalue weighted by Gasteiger charge is -2.10. The maximum Gasteiger partial charge on any atom is 0.335 e. The highest BCUT2D eigenvalue weighted by atomic mass is 16.3. The highest BCUT2D eigenvalue weighted by Gasteiger charge is 2.17. The van der Waals surface area contributed by atoms with E-state index in [0.717, 1.165) is 16.3 Å². The predicted molar refractivity (Wildman–Crippen MR) is 122 cm³/mol. The van der Waals surface area contributed by atoms with Crippen LogP contribution in [0, 0.1) is 13.8 Å². The minimum Gasteiger partial charge on any atom is -0.493 e. The number of para-hydroxylation sites is 1. The Hall–Kier alpha value is -4.40. The summed E-state index contributed by atoms with van der Waals surface area (Å²) in [6, 6.07) is 16.0. The first-order chi connectivity index (χ1) is 15.3. The van der Waals surface area contributed by atoms with Gasteiger partial charge in [0, 0.05) is 13.3 Å². The van der Waals surface area contributed by atoms with Gasteiger partial charge in [0.15, 0.2) is 5.69 Å². The van der Waals surface area contributed by atoms with Crippen molar-refractivity contribution in [2.45, 2.75) is 13.8 Å². The van der Waals surface area contributed by atoms with Gasteiger partial charge in [-0.15, -0.1) is 0 Å². The summed E-state index contributed by atoms with van der Waals surface area (Å²) in [6.45, 7) is 3.57. The van der Waals surface area contributed by atoms with Gasteiger partial charge in [-0.2, -0.15) is 0 Å². The summed E-state index contributed by atoms with van der Waals surface area (Å²) in [4.78, 5) is 44.2. The quantitative estimate of drug-likeness (QED) is 0.482. The highest BCUT2D eigenvalue weighted by molar-refractivity contribution is 5.84. The molecule has 0 saturated heterocycles. The Bertz CT molecular complexity index is 1520. The zero-order valence-electron chi connectivity index (χ0n) is 17.7. The summed E-state index contributed by atoms with van der Waals surface area (Å²) < 4.78 is 4.09. The molecule has 0 unspecified atom stereocenters. The molecule has 0 aliphatic rings. The van der Waals surface area contributed by atoms with Gasteiger partial charge in [0.1, 0.15) is 5.56 Å². The molecule has 9 nitrogen and oxygen atoms in total. The summed E-state index contributed by atoms with van der Waals surface area (Å²) in [6.07, 6.45) is 1.10. The largest absolute Gasteiger partial charge is 0.493 e. The van der Waals surface area contributed by atoms with E-state index in [0.29, 0.717) is 17.1 Å². The molecule has 0 bridgehead atoms. The van der Waals surface area contributed by atoms with Crippen molar-refractivity contribution in [1.82, 2.24) is 18.9 Å². The monoisotopic (exact) mass is 431 g/mol. The van der Waals surface area contributed by atoms with Gasteiger partial charge < -0.3 is 5.11 Å². The van der Waals surface area contributed by atoms with Crippen LogP contribution in [0.1, 0.15) is 16.8 Å². The van der Waals surface area contributed by atoms with Crippen LogP contribution >= 0.6 is 0 Å². The van der Waals surface area contributed by atoms with Crippen molar-refractivity contribution >= 4 is 11.9 Å². The minimum atomic E-state index is -0.808. The molecule has 0 spiro atoms. The number of aromatic amines is 1. The molecule has 0 aliphatic heterocycles. The Morgan fingerprint density at radius 2 is 1.66 bits per heavy atom. The van der Waals surface area contributed by atoms with Crippen molar-refractivity contribution in [2.24, 2.45) is 12.0 Å². The van der Waals surface area contributed by atoms with Crippen LogP contribution in [0.15, 0.2) is 74.0 Å². The molecule has 2 N–H and O–H groups in total. The molecule has 32 heavy (non-hydrogen) atoms. The van der Waals surface area contributed by atoms with Crippen LogP contribution in [-0.4, -0.2) is 30.2 Å². The van der Waals surface area contributed by atoms with Crippen LogP contribution in [0.4, 0.5) is 5.69 Å². The fraction of sp³-hybridized carbons (Fsp3) is 0.130. The topological polar surface area (TPSA) is 114 Å². The summed E-state index contributed by atoms with van der Waals surface area (Å²) in [5, 5.41) is 10.7. The first-order valence-electron chi connectivity index (χ1n) is 9.83. The molecule has 0 amide bonds. The van der Waals surface area contributed by atoms with E-state index in [9.17, 15) is 19.5 Å². The number of nitrogens with zero attached hydrogens (tertiary/aromatic N) is 4. The third kappa shape index (κ3) is 3.49. The number of aromatic hydroxyl groups is 1. The van der Waals surface area contributed by atoms with Gasteiger partial charge in [-0.3, -0.25) is 19.3 Å². The van der Waals surface area contributed by atoms with Crippen molar-refractivity contribution in [3.05, 3.63) is 103 Å². The second kappa shape index (κ2) is 8.03. The van der Waals surface area contributed by atoms with Crippen LogP contribution < -0.4 is 16.8 Å².